The van der Waals surface area contributed by atoms with E-state index in [1.165, 1.54) is 7.05 Å². The van der Waals surface area contributed by atoms with Gasteiger partial charge in [0.25, 0.3) is 0 Å². The molecule has 0 saturated carbocycles. The monoisotopic (exact) mass is 232 g/mol. The van der Waals surface area contributed by atoms with Gasteiger partial charge in [-0.15, -0.1) is 0 Å². The molecular weight excluding hydrogens is 212 g/mol. The maximum absolute atomic E-state index is 11.4. The fourth-order valence-corrected chi connectivity index (χ4v) is 0.962. The van der Waals surface area contributed by atoms with Crippen LogP contribution in [0, 0.1) is 5.41 Å². The second kappa shape index (κ2) is 6.44. The van der Waals surface area contributed by atoms with Crippen molar-refractivity contribution in [3.63, 3.8) is 0 Å². The number of rotatable bonds is 6. The van der Waals surface area contributed by atoms with Crippen LogP contribution in [0.1, 0.15) is 20.3 Å². The lowest BCUT2D eigenvalue weighted by atomic mass is 9.87. The van der Waals surface area contributed by atoms with Crippen LogP contribution < -0.4 is 10.6 Å². The Balaban J connectivity index is 4.03. The van der Waals surface area contributed by atoms with Crippen LogP contribution in [0.3, 0.4) is 0 Å². The van der Waals surface area contributed by atoms with Crippen LogP contribution in [0.25, 0.3) is 0 Å². The first kappa shape index (κ1) is 14.9. The zero-order valence-corrected chi connectivity index (χ0v) is 9.91. The van der Waals surface area contributed by atoms with Crippen molar-refractivity contribution in [3.8, 4) is 0 Å². The molecule has 2 amide bonds. The lowest BCUT2D eigenvalue weighted by Crippen LogP contribution is -2.46. The van der Waals surface area contributed by atoms with Gasteiger partial charge in [-0.2, -0.15) is 0 Å². The number of aliphatic hydroxyl groups is 2. The second-order valence-electron chi connectivity index (χ2n) is 4.26. The van der Waals surface area contributed by atoms with E-state index in [1.807, 2.05) is 0 Å². The molecule has 1 atom stereocenters. The summed E-state index contributed by atoms with van der Waals surface area (Å²) in [7, 11) is 1.51. The van der Waals surface area contributed by atoms with E-state index in [9.17, 15) is 14.7 Å². The number of carbonyl (C=O) groups is 2. The predicted octanol–water partition coefficient (Wildman–Crippen LogP) is -1.38. The van der Waals surface area contributed by atoms with Crippen LogP contribution in [0.4, 0.5) is 0 Å². The molecule has 0 aliphatic heterocycles. The molecule has 1 unspecified atom stereocenters. The Labute approximate surface area is 95.0 Å². The van der Waals surface area contributed by atoms with E-state index < -0.39 is 17.4 Å². The van der Waals surface area contributed by atoms with E-state index in [0.717, 1.165) is 0 Å². The van der Waals surface area contributed by atoms with Gasteiger partial charge >= 0.3 is 0 Å². The van der Waals surface area contributed by atoms with E-state index in [4.69, 9.17) is 5.11 Å². The minimum Gasteiger partial charge on any atom is -0.396 e. The Morgan fingerprint density at radius 1 is 1.38 bits per heavy atom. The molecule has 0 fully saturated rings. The van der Waals surface area contributed by atoms with E-state index in [1.54, 1.807) is 13.8 Å². The molecule has 0 aromatic carbocycles. The Morgan fingerprint density at radius 3 is 2.38 bits per heavy atom. The van der Waals surface area contributed by atoms with Crippen LogP contribution in [0.15, 0.2) is 0 Å². The molecule has 6 nitrogen and oxygen atoms in total. The van der Waals surface area contributed by atoms with Crippen molar-refractivity contribution in [2.45, 2.75) is 26.4 Å². The van der Waals surface area contributed by atoms with Gasteiger partial charge < -0.3 is 20.8 Å². The van der Waals surface area contributed by atoms with Crippen molar-refractivity contribution in [2.24, 2.45) is 5.41 Å². The normalized spacial score (nSPS) is 13.1. The van der Waals surface area contributed by atoms with E-state index in [-0.39, 0.29) is 25.5 Å². The third-order valence-corrected chi connectivity index (χ3v) is 2.33. The minimum absolute atomic E-state index is 0.161. The predicted molar refractivity (Wildman–Crippen MR) is 58.6 cm³/mol. The summed E-state index contributed by atoms with van der Waals surface area (Å²) in [6, 6.07) is 0. The summed E-state index contributed by atoms with van der Waals surface area (Å²) in [5.41, 5.74) is -0.892. The van der Waals surface area contributed by atoms with E-state index >= 15 is 0 Å². The molecule has 0 saturated heterocycles. The van der Waals surface area contributed by atoms with Crippen molar-refractivity contribution in [1.82, 2.24) is 10.6 Å². The summed E-state index contributed by atoms with van der Waals surface area (Å²) in [6.45, 7) is 3.03. The van der Waals surface area contributed by atoms with Gasteiger partial charge in [0.1, 0.15) is 6.10 Å². The van der Waals surface area contributed by atoms with Crippen LogP contribution in [-0.4, -0.2) is 48.3 Å². The van der Waals surface area contributed by atoms with Gasteiger partial charge in [-0.3, -0.25) is 9.59 Å². The molecule has 94 valence electrons. The van der Waals surface area contributed by atoms with Crippen molar-refractivity contribution < 1.29 is 19.8 Å². The first-order chi connectivity index (χ1) is 7.35. The molecule has 6 heteroatoms. The maximum Gasteiger partial charge on any atom is 0.249 e. The Hall–Kier alpha value is -1.14. The Bertz CT molecular complexity index is 253. The van der Waals surface area contributed by atoms with Crippen LogP contribution in [-0.2, 0) is 9.59 Å². The van der Waals surface area contributed by atoms with Gasteiger partial charge in [-0.05, 0) is 0 Å². The standard InChI is InChI=1S/C10H20N2O4/c1-10(2,6-13)8(15)9(16)12-5-4-7(14)11-3/h8,13,15H,4-6H2,1-3H3,(H,11,14)(H,12,16). The number of carbonyl (C=O) groups excluding carboxylic acids is 2. The van der Waals surface area contributed by atoms with Gasteiger partial charge in [-0.1, -0.05) is 13.8 Å². The van der Waals surface area contributed by atoms with Gasteiger partial charge in [0, 0.05) is 25.4 Å². The Kier molecular flexibility index (Phi) is 5.98. The smallest absolute Gasteiger partial charge is 0.249 e. The average Bonchev–Trinajstić information content (AvgIpc) is 2.27. The first-order valence-electron chi connectivity index (χ1n) is 5.12. The number of amides is 2. The number of hydrogen-bond donors (Lipinski definition) is 4. The third kappa shape index (κ3) is 4.59. The van der Waals surface area contributed by atoms with Crippen molar-refractivity contribution in [2.75, 3.05) is 20.2 Å². The molecule has 0 aliphatic rings. The fraction of sp³-hybridized carbons (Fsp3) is 0.800. The summed E-state index contributed by atoms with van der Waals surface area (Å²) in [4.78, 5) is 22.3. The molecule has 4 N–H and O–H groups in total. The summed E-state index contributed by atoms with van der Waals surface area (Å²) in [6.07, 6.45) is -1.13. The van der Waals surface area contributed by atoms with Gasteiger partial charge in [0.15, 0.2) is 0 Å². The highest BCUT2D eigenvalue weighted by Gasteiger charge is 2.32. The van der Waals surface area contributed by atoms with Gasteiger partial charge in [-0.25, -0.2) is 0 Å². The van der Waals surface area contributed by atoms with Crippen molar-refractivity contribution in [3.05, 3.63) is 0 Å². The second-order valence-corrected chi connectivity index (χ2v) is 4.26. The van der Waals surface area contributed by atoms with E-state index in [2.05, 4.69) is 10.6 Å². The quantitative estimate of drug-likeness (QED) is 0.453. The lowest BCUT2D eigenvalue weighted by molar-refractivity contribution is -0.137. The summed E-state index contributed by atoms with van der Waals surface area (Å²) in [5, 5.41) is 23.4. The first-order valence-corrected chi connectivity index (χ1v) is 5.12. The molecule has 16 heavy (non-hydrogen) atoms. The molecule has 0 rings (SSSR count). The molecule has 0 aromatic heterocycles. The largest absolute Gasteiger partial charge is 0.396 e. The molecular formula is C10H20N2O4. The molecule has 0 spiro atoms. The maximum atomic E-state index is 11.4. The van der Waals surface area contributed by atoms with Crippen LogP contribution in [0.5, 0.6) is 0 Å². The summed E-state index contributed by atoms with van der Waals surface area (Å²) in [5.74, 6) is -0.765. The van der Waals surface area contributed by atoms with Gasteiger partial charge in [0.2, 0.25) is 11.8 Å². The molecule has 0 radical (unpaired) electrons. The summed E-state index contributed by atoms with van der Waals surface area (Å²) >= 11 is 0. The fourth-order valence-electron chi connectivity index (χ4n) is 0.962. The van der Waals surface area contributed by atoms with E-state index in [0.29, 0.717) is 0 Å². The minimum atomic E-state index is -1.29. The SMILES string of the molecule is CNC(=O)CCNC(=O)C(O)C(C)(C)CO. The van der Waals surface area contributed by atoms with Crippen LogP contribution in [0.2, 0.25) is 0 Å². The van der Waals surface area contributed by atoms with Crippen molar-refractivity contribution >= 4 is 11.8 Å². The summed E-state index contributed by atoms with van der Waals surface area (Å²) < 4.78 is 0. The highest BCUT2D eigenvalue weighted by molar-refractivity contribution is 5.82. The molecule has 0 aliphatic carbocycles. The molecule has 0 bridgehead atoms. The van der Waals surface area contributed by atoms with Crippen LogP contribution >= 0.6 is 0 Å². The third-order valence-electron chi connectivity index (χ3n) is 2.33. The highest BCUT2D eigenvalue weighted by Crippen LogP contribution is 2.19. The number of nitrogens with one attached hydrogen (secondary N) is 2. The van der Waals surface area contributed by atoms with Gasteiger partial charge in [0.05, 0.1) is 6.61 Å². The number of aliphatic hydroxyl groups excluding tert-OH is 2. The lowest BCUT2D eigenvalue weighted by Gasteiger charge is -2.27. The molecule has 0 heterocycles. The highest BCUT2D eigenvalue weighted by atomic mass is 16.3. The average molecular weight is 232 g/mol. The topological polar surface area (TPSA) is 98.7 Å². The number of hydrogen-bond acceptors (Lipinski definition) is 4. The Morgan fingerprint density at radius 2 is 1.94 bits per heavy atom. The zero-order chi connectivity index (χ0) is 12.8. The van der Waals surface area contributed by atoms with Crippen molar-refractivity contribution in [1.29, 1.82) is 0 Å². The molecule has 0 aromatic rings. The zero-order valence-electron chi connectivity index (χ0n) is 9.91.